The summed E-state index contributed by atoms with van der Waals surface area (Å²) < 4.78 is 59.5. The molecule has 3 aliphatic rings. The summed E-state index contributed by atoms with van der Waals surface area (Å²) in [6, 6.07) is 2.55. The van der Waals surface area contributed by atoms with Gasteiger partial charge in [-0.3, -0.25) is 0 Å². The third kappa shape index (κ3) is 6.95. The first-order valence-electron chi connectivity index (χ1n) is 14.0. The van der Waals surface area contributed by atoms with Gasteiger partial charge in [-0.05, 0) is 111 Å². The van der Waals surface area contributed by atoms with E-state index >= 15 is 0 Å². The van der Waals surface area contributed by atoms with E-state index in [0.717, 1.165) is 43.4 Å². The first-order valence-corrected chi connectivity index (χ1v) is 14.0. The van der Waals surface area contributed by atoms with Crippen molar-refractivity contribution >= 4 is 6.08 Å². The third-order valence-corrected chi connectivity index (χ3v) is 9.21. The highest BCUT2D eigenvalue weighted by molar-refractivity contribution is 5.57. The lowest BCUT2D eigenvalue weighted by Crippen LogP contribution is -2.24. The molecule has 0 bridgehead atoms. The predicted molar refractivity (Wildman–Crippen MR) is 138 cm³/mol. The van der Waals surface area contributed by atoms with Crippen LogP contribution in [0.1, 0.15) is 95.1 Å². The lowest BCUT2D eigenvalue weighted by atomic mass is 9.69. The molecule has 0 spiro atoms. The topological polar surface area (TPSA) is 9.23 Å². The summed E-state index contributed by atoms with van der Waals surface area (Å²) in [5, 5.41) is 0. The summed E-state index contributed by atoms with van der Waals surface area (Å²) >= 11 is 0. The zero-order valence-electron chi connectivity index (χ0n) is 21.8. The molecule has 3 aliphatic carbocycles. The number of methoxy groups -OCH3 is 1. The fourth-order valence-electron chi connectivity index (χ4n) is 6.81. The molecule has 0 aromatic heterocycles. The number of halogens is 4. The zero-order valence-corrected chi connectivity index (χ0v) is 21.8. The molecule has 0 unspecified atom stereocenters. The average molecular weight is 507 g/mol. The molecule has 0 amide bonds. The van der Waals surface area contributed by atoms with Crippen LogP contribution >= 0.6 is 0 Å². The summed E-state index contributed by atoms with van der Waals surface area (Å²) in [7, 11) is 1.17. The van der Waals surface area contributed by atoms with Crippen LogP contribution in [0.15, 0.2) is 30.4 Å². The number of alkyl halides is 3. The molecule has 4 rings (SSSR count). The van der Waals surface area contributed by atoms with Crippen LogP contribution in [0.4, 0.5) is 17.6 Å². The average Bonchev–Trinajstić information content (AvgIpc) is 2.87. The summed E-state index contributed by atoms with van der Waals surface area (Å²) in [4.78, 5) is 0. The van der Waals surface area contributed by atoms with Crippen LogP contribution in [0.2, 0.25) is 0 Å². The van der Waals surface area contributed by atoms with Gasteiger partial charge in [0.15, 0.2) is 11.6 Å². The van der Waals surface area contributed by atoms with Crippen LogP contribution in [0.5, 0.6) is 5.75 Å². The number of allylic oxidation sites excluding steroid dienone is 3. The van der Waals surface area contributed by atoms with Gasteiger partial charge in [0.05, 0.1) is 7.11 Å². The first-order chi connectivity index (χ1) is 17.2. The van der Waals surface area contributed by atoms with Crippen molar-refractivity contribution in [2.75, 3.05) is 7.11 Å². The Morgan fingerprint density at radius 3 is 1.69 bits per heavy atom. The molecular weight excluding hydrogens is 464 g/mol. The van der Waals surface area contributed by atoms with E-state index in [2.05, 4.69) is 19.1 Å². The maximum Gasteiger partial charge on any atom is 0.419 e. The van der Waals surface area contributed by atoms with Gasteiger partial charge in [0.1, 0.15) is 5.56 Å². The van der Waals surface area contributed by atoms with E-state index in [4.69, 9.17) is 4.74 Å². The number of rotatable bonds is 6. The molecule has 36 heavy (non-hydrogen) atoms. The lowest BCUT2D eigenvalue weighted by molar-refractivity contribution is -0.140. The van der Waals surface area contributed by atoms with Crippen molar-refractivity contribution in [3.05, 3.63) is 47.3 Å². The van der Waals surface area contributed by atoms with Crippen LogP contribution in [0.25, 0.3) is 6.08 Å². The molecule has 3 saturated carbocycles. The number of hydrogen-bond acceptors (Lipinski definition) is 1. The second kappa shape index (κ2) is 12.2. The Bertz CT molecular complexity index is 894. The van der Waals surface area contributed by atoms with Gasteiger partial charge in [-0.15, -0.1) is 0 Å². The molecular formula is C31H42F4O. The minimum Gasteiger partial charge on any atom is -0.494 e. The molecule has 0 heterocycles. The second-order valence-electron chi connectivity index (χ2n) is 11.7. The zero-order chi connectivity index (χ0) is 25.7. The fraction of sp³-hybridized carbons (Fsp3) is 0.677. The Hall–Kier alpha value is -1.78. The highest BCUT2D eigenvalue weighted by Crippen LogP contribution is 2.42. The number of benzene rings is 1. The normalized spacial score (nSPS) is 32.3. The molecule has 0 saturated heterocycles. The van der Waals surface area contributed by atoms with E-state index < -0.39 is 17.6 Å². The van der Waals surface area contributed by atoms with Gasteiger partial charge < -0.3 is 4.74 Å². The quantitative estimate of drug-likeness (QED) is 0.276. The molecule has 1 nitrogen and oxygen atoms in total. The van der Waals surface area contributed by atoms with Gasteiger partial charge in [0, 0.05) is 0 Å². The Kier molecular flexibility index (Phi) is 9.22. The maximum atomic E-state index is 14.3. The van der Waals surface area contributed by atoms with Crippen LogP contribution in [0, 0.1) is 41.3 Å². The van der Waals surface area contributed by atoms with Crippen LogP contribution in [0.3, 0.4) is 0 Å². The van der Waals surface area contributed by atoms with Crippen molar-refractivity contribution in [1.29, 1.82) is 0 Å². The summed E-state index contributed by atoms with van der Waals surface area (Å²) in [6.07, 6.45) is 18.6. The van der Waals surface area contributed by atoms with Crippen molar-refractivity contribution in [3.8, 4) is 5.75 Å². The smallest absolute Gasteiger partial charge is 0.419 e. The van der Waals surface area contributed by atoms with E-state index in [9.17, 15) is 17.6 Å². The van der Waals surface area contributed by atoms with E-state index in [1.54, 1.807) is 0 Å². The Labute approximate surface area is 214 Å². The summed E-state index contributed by atoms with van der Waals surface area (Å²) in [5.41, 5.74) is -1.39. The Balaban J connectivity index is 1.24. The largest absolute Gasteiger partial charge is 0.494 e. The van der Waals surface area contributed by atoms with Crippen LogP contribution in [-0.2, 0) is 6.18 Å². The molecule has 3 fully saturated rings. The van der Waals surface area contributed by atoms with Gasteiger partial charge in [-0.2, -0.15) is 13.2 Å². The molecule has 0 atom stereocenters. The molecule has 5 heteroatoms. The van der Waals surface area contributed by atoms with E-state index in [1.807, 2.05) is 6.08 Å². The SMILES string of the molecule is COc1ccc(/C=C/C2CCC(/C=C/C3CCC(C4CCC(C)CC4)CC3)CC2)c(C(F)(F)F)c1F. The molecule has 1 aromatic carbocycles. The van der Waals surface area contributed by atoms with Gasteiger partial charge >= 0.3 is 6.18 Å². The van der Waals surface area contributed by atoms with Crippen molar-refractivity contribution in [2.45, 2.75) is 90.1 Å². The molecule has 0 N–H and O–H groups in total. The van der Waals surface area contributed by atoms with Gasteiger partial charge in [0.2, 0.25) is 0 Å². The molecule has 0 aliphatic heterocycles. The highest BCUT2D eigenvalue weighted by Gasteiger charge is 2.38. The maximum absolute atomic E-state index is 14.3. The van der Waals surface area contributed by atoms with Crippen molar-refractivity contribution in [1.82, 2.24) is 0 Å². The van der Waals surface area contributed by atoms with Gasteiger partial charge in [0.25, 0.3) is 0 Å². The standard InChI is InChI=1S/C31H42F4O/c1-21-3-14-25(15-4-21)26-16-11-24(12-17-26)10-7-22-5-8-23(9-6-22)13-18-27-19-20-28(36-2)30(32)29(27)31(33,34)35/h7,10,13,18-26H,3-6,8-9,11-12,14-17H2,1-2H3/b10-7+,18-13+. The Morgan fingerprint density at radius 2 is 1.19 bits per heavy atom. The van der Waals surface area contributed by atoms with E-state index in [-0.39, 0.29) is 17.2 Å². The van der Waals surface area contributed by atoms with Crippen molar-refractivity contribution < 1.29 is 22.3 Å². The number of hydrogen-bond donors (Lipinski definition) is 0. The summed E-state index contributed by atoms with van der Waals surface area (Å²) in [6.45, 7) is 2.40. The number of ether oxygens (including phenoxy) is 1. The minimum absolute atomic E-state index is 0.138. The monoisotopic (exact) mass is 506 g/mol. The second-order valence-corrected chi connectivity index (χ2v) is 11.7. The molecule has 1 aromatic rings. The van der Waals surface area contributed by atoms with Crippen LogP contribution < -0.4 is 4.74 Å². The van der Waals surface area contributed by atoms with E-state index in [1.165, 1.54) is 76.7 Å². The van der Waals surface area contributed by atoms with Crippen LogP contribution in [-0.4, -0.2) is 7.11 Å². The molecule has 0 radical (unpaired) electrons. The van der Waals surface area contributed by atoms with E-state index in [0.29, 0.717) is 11.8 Å². The van der Waals surface area contributed by atoms with Crippen molar-refractivity contribution in [2.24, 2.45) is 35.5 Å². The van der Waals surface area contributed by atoms with Gasteiger partial charge in [-0.1, -0.05) is 50.1 Å². The molecule has 200 valence electrons. The Morgan fingerprint density at radius 1 is 0.722 bits per heavy atom. The lowest BCUT2D eigenvalue weighted by Gasteiger charge is -2.36. The predicted octanol–water partition coefficient (Wildman–Crippen LogP) is 9.86. The van der Waals surface area contributed by atoms with Crippen molar-refractivity contribution in [3.63, 3.8) is 0 Å². The first kappa shape index (κ1) is 27.3. The fourth-order valence-corrected chi connectivity index (χ4v) is 6.81. The highest BCUT2D eigenvalue weighted by atomic mass is 19.4. The minimum atomic E-state index is -4.77. The van der Waals surface area contributed by atoms with Gasteiger partial charge in [-0.25, -0.2) is 4.39 Å². The third-order valence-electron chi connectivity index (χ3n) is 9.21. The summed E-state index contributed by atoms with van der Waals surface area (Å²) in [5.74, 6) is 2.62.